The van der Waals surface area contributed by atoms with Crippen LogP contribution in [0.1, 0.15) is 69.5 Å². The number of nitrogens with zero attached hydrogens (tertiary/aromatic N) is 1. The maximum absolute atomic E-state index is 2.42. The molecular weight excluding hydrogens is 711 g/mol. The summed E-state index contributed by atoms with van der Waals surface area (Å²) in [6.45, 7) is 4.75. The molecular formula is C58H45N. The van der Waals surface area contributed by atoms with Gasteiger partial charge in [-0.2, -0.15) is 0 Å². The molecule has 0 amide bonds. The van der Waals surface area contributed by atoms with E-state index in [1.165, 1.54) is 66.8 Å². The second-order valence-corrected chi connectivity index (χ2v) is 16.2. The predicted octanol–water partition coefficient (Wildman–Crippen LogP) is 15.5. The van der Waals surface area contributed by atoms with Gasteiger partial charge in [0.15, 0.2) is 0 Å². The van der Waals surface area contributed by atoms with Gasteiger partial charge in [-0.15, -0.1) is 0 Å². The standard InChI is InChI=1S/C58H45N/c1-58(2)56-38-45(24-30-46-17-11-19-52-51-18-10-9-16-47(51)39-55(46)52)29-36-53(56)54-37-35-50(40-57(54)58)59(48-31-25-43(26-32-48)22-20-41-12-5-3-6-13-41)49-33-27-44(28-34-49)23-21-42-14-7-4-8-15-42/h3-38,40H,39H2,1-2H3/b22-20+,23-21+,30-24+. The van der Waals surface area contributed by atoms with Gasteiger partial charge in [-0.25, -0.2) is 0 Å². The summed E-state index contributed by atoms with van der Waals surface area (Å²) in [5, 5.41) is 0. The van der Waals surface area contributed by atoms with Gasteiger partial charge < -0.3 is 4.90 Å². The van der Waals surface area contributed by atoms with Crippen LogP contribution >= 0.6 is 0 Å². The van der Waals surface area contributed by atoms with E-state index in [1.54, 1.807) is 0 Å². The van der Waals surface area contributed by atoms with Gasteiger partial charge in [0.2, 0.25) is 0 Å². The van der Waals surface area contributed by atoms with Gasteiger partial charge in [0.1, 0.15) is 0 Å². The van der Waals surface area contributed by atoms with Crippen molar-refractivity contribution in [2.24, 2.45) is 0 Å². The van der Waals surface area contributed by atoms with E-state index in [4.69, 9.17) is 0 Å². The molecule has 59 heavy (non-hydrogen) atoms. The van der Waals surface area contributed by atoms with Crippen LogP contribution < -0.4 is 4.90 Å². The van der Waals surface area contributed by atoms with E-state index in [2.05, 4.69) is 243 Å². The third-order valence-electron chi connectivity index (χ3n) is 12.1. The first kappa shape index (κ1) is 36.1. The molecule has 0 radical (unpaired) electrons. The lowest BCUT2D eigenvalue weighted by atomic mass is 9.81. The number of benzene rings is 8. The Balaban J connectivity index is 0.970. The molecule has 0 saturated heterocycles. The third kappa shape index (κ3) is 7.06. The summed E-state index contributed by atoms with van der Waals surface area (Å²) in [6.07, 6.45) is 14.3. The minimum Gasteiger partial charge on any atom is -0.310 e. The minimum absolute atomic E-state index is 0.177. The Morgan fingerprint density at radius 2 is 0.847 bits per heavy atom. The smallest absolute Gasteiger partial charge is 0.0465 e. The summed E-state index contributed by atoms with van der Waals surface area (Å²) in [5.41, 5.74) is 21.3. The molecule has 0 unspecified atom stereocenters. The molecule has 0 fully saturated rings. The fourth-order valence-corrected chi connectivity index (χ4v) is 8.94. The van der Waals surface area contributed by atoms with Gasteiger partial charge in [-0.1, -0.05) is 202 Å². The van der Waals surface area contributed by atoms with Crippen molar-refractivity contribution in [1.29, 1.82) is 0 Å². The number of hydrogen-bond acceptors (Lipinski definition) is 1. The normalized spacial score (nSPS) is 13.5. The van der Waals surface area contributed by atoms with Crippen molar-refractivity contribution in [3.05, 3.63) is 244 Å². The lowest BCUT2D eigenvalue weighted by Crippen LogP contribution is -2.16. The van der Waals surface area contributed by atoms with Gasteiger partial charge >= 0.3 is 0 Å². The molecule has 8 aromatic rings. The van der Waals surface area contributed by atoms with Crippen molar-refractivity contribution >= 4 is 53.5 Å². The molecule has 0 spiro atoms. The van der Waals surface area contributed by atoms with Crippen LogP contribution in [0.4, 0.5) is 17.1 Å². The molecule has 0 bridgehead atoms. The molecule has 0 heterocycles. The molecule has 1 nitrogen and oxygen atoms in total. The van der Waals surface area contributed by atoms with Crippen molar-refractivity contribution in [1.82, 2.24) is 0 Å². The molecule has 1 heteroatoms. The summed E-state index contributed by atoms with van der Waals surface area (Å²) in [5.74, 6) is 0. The van der Waals surface area contributed by atoms with Crippen molar-refractivity contribution in [3.8, 4) is 22.3 Å². The Bertz CT molecular complexity index is 2800. The highest BCUT2D eigenvalue weighted by Gasteiger charge is 2.36. The average molecular weight is 756 g/mol. The van der Waals surface area contributed by atoms with E-state index in [-0.39, 0.29) is 5.41 Å². The maximum Gasteiger partial charge on any atom is 0.0465 e. The predicted molar refractivity (Wildman–Crippen MR) is 253 cm³/mol. The molecule has 0 saturated carbocycles. The molecule has 0 N–H and O–H groups in total. The topological polar surface area (TPSA) is 3.24 Å². The molecule has 0 aromatic heterocycles. The zero-order chi connectivity index (χ0) is 39.8. The van der Waals surface area contributed by atoms with Crippen molar-refractivity contribution < 1.29 is 0 Å². The molecule has 8 aromatic carbocycles. The zero-order valence-corrected chi connectivity index (χ0v) is 33.5. The highest BCUT2D eigenvalue weighted by atomic mass is 15.1. The molecule has 2 aliphatic rings. The first-order valence-corrected chi connectivity index (χ1v) is 20.6. The van der Waals surface area contributed by atoms with E-state index >= 15 is 0 Å². The average Bonchev–Trinajstić information content (AvgIpc) is 3.78. The zero-order valence-electron chi connectivity index (χ0n) is 33.5. The van der Waals surface area contributed by atoms with Crippen LogP contribution in [0.3, 0.4) is 0 Å². The number of rotatable bonds is 9. The van der Waals surface area contributed by atoms with Gasteiger partial charge in [0.25, 0.3) is 0 Å². The Labute approximate surface area is 348 Å². The summed E-state index contributed by atoms with van der Waals surface area (Å²) >= 11 is 0. The van der Waals surface area contributed by atoms with Crippen LogP contribution in [-0.2, 0) is 11.8 Å². The molecule has 0 aliphatic heterocycles. The Hall–Kier alpha value is -7.22. The molecule has 0 atom stereocenters. The highest BCUT2D eigenvalue weighted by Crippen LogP contribution is 2.51. The Morgan fingerprint density at radius 1 is 0.373 bits per heavy atom. The fraction of sp³-hybridized carbons (Fsp3) is 0.0690. The molecule has 2 aliphatic carbocycles. The number of hydrogen-bond donors (Lipinski definition) is 0. The lowest BCUT2D eigenvalue weighted by molar-refractivity contribution is 0.660. The minimum atomic E-state index is -0.177. The van der Waals surface area contributed by atoms with E-state index in [9.17, 15) is 0 Å². The van der Waals surface area contributed by atoms with Crippen LogP contribution in [-0.4, -0.2) is 0 Å². The first-order valence-electron chi connectivity index (χ1n) is 20.6. The van der Waals surface area contributed by atoms with E-state index < -0.39 is 0 Å². The van der Waals surface area contributed by atoms with Crippen molar-refractivity contribution in [2.45, 2.75) is 25.7 Å². The SMILES string of the molecule is CC1(C)c2cc(/C=C/c3cccc4c3Cc3ccccc3-4)ccc2-c2ccc(N(c3ccc(/C=C/c4ccccc4)cc3)c3ccc(/C=C/c4ccccc4)cc3)cc21. The van der Waals surface area contributed by atoms with Gasteiger partial charge in [0, 0.05) is 22.5 Å². The lowest BCUT2D eigenvalue weighted by Gasteiger charge is -2.28. The highest BCUT2D eigenvalue weighted by molar-refractivity contribution is 5.88. The quantitative estimate of drug-likeness (QED) is 0.133. The van der Waals surface area contributed by atoms with E-state index in [0.717, 1.165) is 34.6 Å². The van der Waals surface area contributed by atoms with Crippen LogP contribution in [0.2, 0.25) is 0 Å². The number of fused-ring (bicyclic) bond motifs is 6. The van der Waals surface area contributed by atoms with Gasteiger partial charge in [0.05, 0.1) is 0 Å². The monoisotopic (exact) mass is 755 g/mol. The van der Waals surface area contributed by atoms with Gasteiger partial charge in [-0.05, 0) is 121 Å². The second kappa shape index (κ2) is 15.3. The molecule has 10 rings (SSSR count). The van der Waals surface area contributed by atoms with Crippen molar-refractivity contribution in [2.75, 3.05) is 4.90 Å². The number of anilines is 3. The van der Waals surface area contributed by atoms with Gasteiger partial charge in [-0.3, -0.25) is 0 Å². The Kier molecular flexibility index (Phi) is 9.35. The first-order chi connectivity index (χ1) is 29.0. The van der Waals surface area contributed by atoms with E-state index in [0.29, 0.717) is 0 Å². The summed E-state index contributed by atoms with van der Waals surface area (Å²) in [7, 11) is 0. The summed E-state index contributed by atoms with van der Waals surface area (Å²) < 4.78 is 0. The Morgan fingerprint density at radius 3 is 1.47 bits per heavy atom. The summed E-state index contributed by atoms with van der Waals surface area (Å²) in [6, 6.07) is 68.3. The van der Waals surface area contributed by atoms with Crippen molar-refractivity contribution in [3.63, 3.8) is 0 Å². The third-order valence-corrected chi connectivity index (χ3v) is 12.1. The second-order valence-electron chi connectivity index (χ2n) is 16.2. The van der Waals surface area contributed by atoms with Crippen LogP contribution in [0.15, 0.2) is 188 Å². The summed E-state index contributed by atoms with van der Waals surface area (Å²) in [4.78, 5) is 2.39. The van der Waals surface area contributed by atoms with Crippen LogP contribution in [0.25, 0.3) is 58.7 Å². The maximum atomic E-state index is 2.42. The van der Waals surface area contributed by atoms with Crippen LogP contribution in [0, 0.1) is 0 Å². The van der Waals surface area contributed by atoms with Crippen LogP contribution in [0.5, 0.6) is 0 Å². The van der Waals surface area contributed by atoms with E-state index in [1.807, 2.05) is 0 Å². The molecule has 282 valence electrons. The fourth-order valence-electron chi connectivity index (χ4n) is 8.94. The largest absolute Gasteiger partial charge is 0.310 e.